The van der Waals surface area contributed by atoms with Crippen molar-refractivity contribution in [1.82, 2.24) is 9.36 Å². The number of aromatic nitrogens is 2. The minimum absolute atomic E-state index is 0.0514. The van der Waals surface area contributed by atoms with E-state index in [1.54, 1.807) is 36.9 Å². The fraction of sp³-hybridized carbons (Fsp3) is 0.240. The molecule has 3 aromatic rings. The largest absolute Gasteiger partial charge is 0.496 e. The normalized spacial score (nSPS) is 14.9. The number of nitriles is 1. The second-order valence-electron chi connectivity index (χ2n) is 7.89. The summed E-state index contributed by atoms with van der Waals surface area (Å²) in [6, 6.07) is 14.7. The van der Waals surface area contributed by atoms with Crippen molar-refractivity contribution >= 4 is 17.7 Å². The van der Waals surface area contributed by atoms with Crippen LogP contribution in [0.1, 0.15) is 23.7 Å². The summed E-state index contributed by atoms with van der Waals surface area (Å²) in [7, 11) is 3.26. The number of methoxy groups -OCH3 is 1. The van der Waals surface area contributed by atoms with Crippen molar-refractivity contribution in [3.63, 3.8) is 0 Å². The predicted octanol–water partition coefficient (Wildman–Crippen LogP) is 3.36. The molecule has 2 aromatic carbocycles. The summed E-state index contributed by atoms with van der Waals surface area (Å²) in [5.41, 5.74) is 2.36. The van der Waals surface area contributed by atoms with Gasteiger partial charge in [-0.3, -0.25) is 14.3 Å². The third-order valence-corrected chi connectivity index (χ3v) is 5.71. The summed E-state index contributed by atoms with van der Waals surface area (Å²) in [6.45, 7) is 3.70. The van der Waals surface area contributed by atoms with E-state index in [1.807, 2.05) is 37.3 Å². The number of rotatable bonds is 5. The van der Waals surface area contributed by atoms with Crippen LogP contribution in [-0.4, -0.2) is 28.5 Å². The molecule has 0 bridgehead atoms. The maximum Gasteiger partial charge on any atom is 0.295 e. The van der Waals surface area contributed by atoms with Gasteiger partial charge in [0.15, 0.2) is 0 Å². The van der Waals surface area contributed by atoms with Gasteiger partial charge >= 0.3 is 0 Å². The number of benzene rings is 2. The van der Waals surface area contributed by atoms with Gasteiger partial charge in [-0.2, -0.15) is 5.26 Å². The summed E-state index contributed by atoms with van der Waals surface area (Å²) in [5.74, 6) is 0.562. The first-order valence-electron chi connectivity index (χ1n) is 10.5. The van der Waals surface area contributed by atoms with Crippen LogP contribution >= 0.6 is 0 Å². The van der Waals surface area contributed by atoms with Crippen LogP contribution in [0.4, 0.5) is 5.69 Å². The molecule has 8 heteroatoms. The van der Waals surface area contributed by atoms with Gasteiger partial charge < -0.3 is 14.8 Å². The molecule has 0 aliphatic carbocycles. The minimum Gasteiger partial charge on any atom is -0.496 e. The number of hydrogen-bond acceptors (Lipinski definition) is 5. The van der Waals surface area contributed by atoms with Crippen molar-refractivity contribution in [2.24, 2.45) is 7.05 Å². The van der Waals surface area contributed by atoms with Gasteiger partial charge in [0.2, 0.25) is 0 Å². The second-order valence-corrected chi connectivity index (χ2v) is 7.89. The highest BCUT2D eigenvalue weighted by Crippen LogP contribution is 2.36. The third-order valence-electron chi connectivity index (χ3n) is 5.71. The van der Waals surface area contributed by atoms with E-state index in [0.717, 1.165) is 12.0 Å². The highest BCUT2D eigenvalue weighted by Gasteiger charge is 2.23. The van der Waals surface area contributed by atoms with Crippen LogP contribution in [-0.2, 0) is 18.3 Å². The summed E-state index contributed by atoms with van der Waals surface area (Å²) < 4.78 is 14.4. The number of carbonyl (C=O) groups is 1. The Morgan fingerprint density at radius 2 is 2.03 bits per heavy atom. The number of nitrogens with zero attached hydrogens (tertiary/aromatic N) is 3. The van der Waals surface area contributed by atoms with Crippen molar-refractivity contribution in [2.75, 3.05) is 12.4 Å². The van der Waals surface area contributed by atoms with Crippen molar-refractivity contribution < 1.29 is 14.3 Å². The van der Waals surface area contributed by atoms with Gasteiger partial charge in [0.25, 0.3) is 11.5 Å². The Kier molecular flexibility index (Phi) is 5.80. The number of anilines is 1. The molecule has 0 saturated carbocycles. The first-order chi connectivity index (χ1) is 15.8. The van der Waals surface area contributed by atoms with Crippen LogP contribution in [0.5, 0.6) is 11.5 Å². The van der Waals surface area contributed by atoms with E-state index in [1.165, 1.54) is 17.9 Å². The maximum absolute atomic E-state index is 13.1. The lowest BCUT2D eigenvalue weighted by Crippen LogP contribution is -2.23. The maximum atomic E-state index is 13.1. The molecule has 0 radical (unpaired) electrons. The fourth-order valence-corrected chi connectivity index (χ4v) is 3.94. The first-order valence-corrected chi connectivity index (χ1v) is 10.5. The molecule has 1 aliphatic heterocycles. The molecule has 1 aromatic heterocycles. The molecule has 168 valence electrons. The molecule has 1 unspecified atom stereocenters. The van der Waals surface area contributed by atoms with E-state index in [9.17, 15) is 14.9 Å². The quantitative estimate of drug-likeness (QED) is 0.481. The second kappa shape index (κ2) is 8.71. The Hall–Kier alpha value is -4.25. The highest BCUT2D eigenvalue weighted by atomic mass is 16.5. The summed E-state index contributed by atoms with van der Waals surface area (Å²) in [5, 5.41) is 12.3. The monoisotopic (exact) mass is 444 g/mol. The molecule has 0 saturated heterocycles. The van der Waals surface area contributed by atoms with Crippen LogP contribution < -0.4 is 20.3 Å². The third kappa shape index (κ3) is 4.01. The van der Waals surface area contributed by atoms with Gasteiger partial charge in [0.1, 0.15) is 34.9 Å². The van der Waals surface area contributed by atoms with Crippen molar-refractivity contribution in [2.45, 2.75) is 26.4 Å². The van der Waals surface area contributed by atoms with Crippen LogP contribution in [0.3, 0.4) is 0 Å². The van der Waals surface area contributed by atoms with Gasteiger partial charge in [-0.05, 0) is 44.2 Å². The molecule has 1 aliphatic rings. The van der Waals surface area contributed by atoms with Crippen molar-refractivity contribution in [1.29, 1.82) is 5.26 Å². The predicted molar refractivity (Wildman–Crippen MR) is 125 cm³/mol. The van der Waals surface area contributed by atoms with Crippen molar-refractivity contribution in [3.05, 3.63) is 75.2 Å². The lowest BCUT2D eigenvalue weighted by atomic mass is 10.0. The average Bonchev–Trinajstić information content (AvgIpc) is 3.27. The Bertz CT molecular complexity index is 1360. The number of ether oxygens (including phenoxy) is 2. The van der Waals surface area contributed by atoms with Gasteiger partial charge in [-0.1, -0.05) is 18.2 Å². The van der Waals surface area contributed by atoms with E-state index < -0.39 is 5.91 Å². The van der Waals surface area contributed by atoms with Gasteiger partial charge in [-0.15, -0.1) is 0 Å². The number of para-hydroxylation sites is 1. The topological polar surface area (TPSA) is 98.3 Å². The number of hydrogen-bond donors (Lipinski definition) is 1. The fourth-order valence-electron chi connectivity index (χ4n) is 3.94. The lowest BCUT2D eigenvalue weighted by molar-refractivity contribution is -0.112. The van der Waals surface area contributed by atoms with E-state index in [4.69, 9.17) is 9.47 Å². The van der Waals surface area contributed by atoms with E-state index in [0.29, 0.717) is 28.4 Å². The molecule has 2 heterocycles. The smallest absolute Gasteiger partial charge is 0.295 e. The molecule has 8 nitrogen and oxygen atoms in total. The summed E-state index contributed by atoms with van der Waals surface area (Å²) in [4.78, 5) is 26.0. The molecular weight excluding hydrogens is 420 g/mol. The zero-order chi connectivity index (χ0) is 23.7. The summed E-state index contributed by atoms with van der Waals surface area (Å²) >= 11 is 0. The molecule has 4 rings (SSSR count). The first kappa shape index (κ1) is 22.0. The standard InChI is InChI=1S/C25H24N4O4/c1-15-10-17-12-21(32-4)18(13-22(17)33-15)11-19(14-26)24(30)27-23-16(2)28(3)29(25(23)31)20-8-6-5-7-9-20/h5-9,11-13,15H,10H2,1-4H3,(H,27,30)/b19-11+. The molecule has 1 atom stereocenters. The van der Waals surface area contributed by atoms with Crippen LogP contribution in [0, 0.1) is 18.3 Å². The Morgan fingerprint density at radius 3 is 2.70 bits per heavy atom. The van der Waals surface area contributed by atoms with E-state index in [2.05, 4.69) is 5.32 Å². The van der Waals surface area contributed by atoms with Crippen LogP contribution in [0.2, 0.25) is 0 Å². The molecule has 0 fully saturated rings. The number of fused-ring (bicyclic) bond motifs is 1. The lowest BCUT2D eigenvalue weighted by Gasteiger charge is -2.09. The van der Waals surface area contributed by atoms with E-state index >= 15 is 0 Å². The summed E-state index contributed by atoms with van der Waals surface area (Å²) in [6.07, 6.45) is 2.26. The van der Waals surface area contributed by atoms with E-state index in [-0.39, 0.29) is 22.9 Å². The molecular formula is C25H24N4O4. The van der Waals surface area contributed by atoms with Crippen molar-refractivity contribution in [3.8, 4) is 23.3 Å². The SMILES string of the molecule is COc1cc2c(cc1/C=C(\C#N)C(=O)Nc1c(C)n(C)n(-c3ccccc3)c1=O)OC(C)C2. The molecule has 1 amide bonds. The Labute approximate surface area is 191 Å². The van der Waals surface area contributed by atoms with Gasteiger partial charge in [0.05, 0.1) is 18.5 Å². The van der Waals surface area contributed by atoms with Crippen LogP contribution in [0.25, 0.3) is 11.8 Å². The van der Waals surface area contributed by atoms with Gasteiger partial charge in [-0.25, -0.2) is 4.68 Å². The average molecular weight is 444 g/mol. The number of carbonyl (C=O) groups excluding carboxylic acids is 1. The highest BCUT2D eigenvalue weighted by molar-refractivity contribution is 6.10. The number of nitrogens with one attached hydrogen (secondary N) is 1. The minimum atomic E-state index is -0.680. The molecule has 0 spiro atoms. The zero-order valence-corrected chi connectivity index (χ0v) is 18.9. The number of amides is 1. The Balaban J connectivity index is 1.68. The van der Waals surface area contributed by atoms with Crippen LogP contribution in [0.15, 0.2) is 52.8 Å². The van der Waals surface area contributed by atoms with Gasteiger partial charge in [0, 0.05) is 24.6 Å². The molecule has 1 N–H and O–H groups in total. The Morgan fingerprint density at radius 1 is 1.30 bits per heavy atom. The molecule has 33 heavy (non-hydrogen) atoms. The zero-order valence-electron chi connectivity index (χ0n) is 18.9.